The number of nitrogens with zero attached hydrogens (tertiary/aromatic N) is 5. The van der Waals surface area contributed by atoms with E-state index >= 15 is 0 Å². The molecular formula is C14H20ClIN6. The predicted octanol–water partition coefficient (Wildman–Crippen LogP) is 2.29. The fraction of sp³-hybridized carbons (Fsp3) is 0.357. The Balaban J connectivity index is 0.00000242. The van der Waals surface area contributed by atoms with E-state index in [2.05, 4.69) is 20.4 Å². The van der Waals surface area contributed by atoms with Gasteiger partial charge in [-0.05, 0) is 11.6 Å². The average Bonchev–Trinajstić information content (AvgIpc) is 2.88. The zero-order valence-corrected chi connectivity index (χ0v) is 15.9. The van der Waals surface area contributed by atoms with Crippen molar-refractivity contribution >= 4 is 41.5 Å². The first-order valence-corrected chi connectivity index (χ1v) is 6.97. The summed E-state index contributed by atoms with van der Waals surface area (Å²) in [5.74, 6) is 1.63. The molecule has 0 aliphatic rings. The molecular weight excluding hydrogens is 415 g/mol. The van der Waals surface area contributed by atoms with Crippen LogP contribution >= 0.6 is 35.6 Å². The summed E-state index contributed by atoms with van der Waals surface area (Å²) in [5.41, 5.74) is 1.06. The second-order valence-corrected chi connectivity index (χ2v) is 5.06. The highest BCUT2D eigenvalue weighted by Crippen LogP contribution is 2.16. The number of halogens is 2. The van der Waals surface area contributed by atoms with Gasteiger partial charge >= 0.3 is 0 Å². The normalized spacial score (nSPS) is 11.0. The Bertz CT molecular complexity index is 627. The maximum atomic E-state index is 6.19. The van der Waals surface area contributed by atoms with Crippen LogP contribution in [0.4, 0.5) is 0 Å². The third kappa shape index (κ3) is 4.84. The second kappa shape index (κ2) is 8.94. The molecule has 0 bridgehead atoms. The van der Waals surface area contributed by atoms with Gasteiger partial charge in [0.05, 0.1) is 6.54 Å². The first-order chi connectivity index (χ1) is 10.1. The van der Waals surface area contributed by atoms with Crippen molar-refractivity contribution in [2.75, 3.05) is 14.1 Å². The standard InChI is InChI=1S/C14H19ClN6.HI/c1-16-14(17-8-13-18-10-19-21(13)3)20(2)9-11-6-4-5-7-12(11)15;/h4-7,10H,8-9H2,1-3H3,(H,16,17);1H. The van der Waals surface area contributed by atoms with Crippen LogP contribution in [0.5, 0.6) is 0 Å². The molecule has 0 saturated carbocycles. The molecule has 2 rings (SSSR count). The van der Waals surface area contributed by atoms with E-state index in [4.69, 9.17) is 11.6 Å². The second-order valence-electron chi connectivity index (χ2n) is 4.65. The molecule has 0 spiro atoms. The number of aliphatic imine (C=N–C) groups is 1. The minimum Gasteiger partial charge on any atom is -0.349 e. The molecule has 0 atom stereocenters. The van der Waals surface area contributed by atoms with Crippen molar-refractivity contribution in [1.82, 2.24) is 25.0 Å². The molecule has 0 saturated heterocycles. The van der Waals surface area contributed by atoms with E-state index in [9.17, 15) is 0 Å². The van der Waals surface area contributed by atoms with Crippen LogP contribution in [0.15, 0.2) is 35.6 Å². The first-order valence-electron chi connectivity index (χ1n) is 6.60. The van der Waals surface area contributed by atoms with Crippen molar-refractivity contribution in [1.29, 1.82) is 0 Å². The van der Waals surface area contributed by atoms with E-state index in [1.807, 2.05) is 43.3 Å². The molecule has 1 heterocycles. The van der Waals surface area contributed by atoms with Gasteiger partial charge in [0.2, 0.25) is 0 Å². The van der Waals surface area contributed by atoms with Gasteiger partial charge in [0.25, 0.3) is 0 Å². The molecule has 8 heteroatoms. The summed E-state index contributed by atoms with van der Waals surface area (Å²) in [5, 5.41) is 8.06. The van der Waals surface area contributed by atoms with Crippen molar-refractivity contribution in [3.63, 3.8) is 0 Å². The van der Waals surface area contributed by atoms with Gasteiger partial charge in [0, 0.05) is 32.7 Å². The van der Waals surface area contributed by atoms with Crippen molar-refractivity contribution < 1.29 is 0 Å². The van der Waals surface area contributed by atoms with Gasteiger partial charge < -0.3 is 10.2 Å². The van der Waals surface area contributed by atoms with Crippen LogP contribution in [0.1, 0.15) is 11.4 Å². The van der Waals surface area contributed by atoms with E-state index in [-0.39, 0.29) is 24.0 Å². The van der Waals surface area contributed by atoms with Crippen molar-refractivity contribution in [2.45, 2.75) is 13.1 Å². The molecule has 0 aliphatic carbocycles. The Morgan fingerprint density at radius 3 is 2.73 bits per heavy atom. The summed E-state index contributed by atoms with van der Waals surface area (Å²) >= 11 is 6.19. The lowest BCUT2D eigenvalue weighted by Gasteiger charge is -2.22. The predicted molar refractivity (Wildman–Crippen MR) is 99.5 cm³/mol. The highest BCUT2D eigenvalue weighted by atomic mass is 127. The molecule has 6 nitrogen and oxygen atoms in total. The lowest BCUT2D eigenvalue weighted by atomic mass is 10.2. The maximum Gasteiger partial charge on any atom is 0.194 e. The molecule has 120 valence electrons. The van der Waals surface area contributed by atoms with E-state index in [0.717, 1.165) is 22.4 Å². The van der Waals surface area contributed by atoms with Crippen LogP contribution in [-0.4, -0.2) is 39.7 Å². The SMILES string of the molecule is CN=C(NCc1ncnn1C)N(C)Cc1ccccc1Cl.I. The fourth-order valence-corrected chi connectivity index (χ4v) is 2.18. The third-order valence-electron chi connectivity index (χ3n) is 3.15. The van der Waals surface area contributed by atoms with Crippen LogP contribution < -0.4 is 5.32 Å². The van der Waals surface area contributed by atoms with Crippen LogP contribution in [0.3, 0.4) is 0 Å². The molecule has 0 radical (unpaired) electrons. The molecule has 22 heavy (non-hydrogen) atoms. The Morgan fingerprint density at radius 2 is 2.14 bits per heavy atom. The number of rotatable bonds is 4. The quantitative estimate of drug-likeness (QED) is 0.456. The minimum absolute atomic E-state index is 0. The molecule has 0 aliphatic heterocycles. The zero-order valence-electron chi connectivity index (χ0n) is 12.8. The summed E-state index contributed by atoms with van der Waals surface area (Å²) in [6.45, 7) is 1.24. The van der Waals surface area contributed by atoms with Gasteiger partial charge in [0.15, 0.2) is 5.96 Å². The van der Waals surface area contributed by atoms with Gasteiger partial charge in [0.1, 0.15) is 12.2 Å². The average molecular weight is 435 g/mol. The van der Waals surface area contributed by atoms with Crippen molar-refractivity contribution in [2.24, 2.45) is 12.0 Å². The summed E-state index contributed by atoms with van der Waals surface area (Å²) in [7, 11) is 5.58. The molecule has 0 amide bonds. The Labute approximate surface area is 152 Å². The van der Waals surface area contributed by atoms with Crippen LogP contribution in [-0.2, 0) is 20.1 Å². The molecule has 0 fully saturated rings. The van der Waals surface area contributed by atoms with Crippen molar-refractivity contribution in [3.05, 3.63) is 47.0 Å². The number of guanidine groups is 1. The van der Waals surface area contributed by atoms with E-state index < -0.39 is 0 Å². The van der Waals surface area contributed by atoms with Gasteiger partial charge in [-0.25, -0.2) is 4.98 Å². The van der Waals surface area contributed by atoms with Crippen molar-refractivity contribution in [3.8, 4) is 0 Å². The number of benzene rings is 1. The fourth-order valence-electron chi connectivity index (χ4n) is 1.98. The van der Waals surface area contributed by atoms with Gasteiger partial charge in [-0.1, -0.05) is 29.8 Å². The van der Waals surface area contributed by atoms with Gasteiger partial charge in [-0.3, -0.25) is 9.67 Å². The van der Waals surface area contributed by atoms with Gasteiger partial charge in [-0.2, -0.15) is 5.10 Å². The summed E-state index contributed by atoms with van der Waals surface area (Å²) in [4.78, 5) is 10.5. The summed E-state index contributed by atoms with van der Waals surface area (Å²) in [6.07, 6.45) is 1.53. The summed E-state index contributed by atoms with van der Waals surface area (Å²) in [6, 6.07) is 7.80. The smallest absolute Gasteiger partial charge is 0.194 e. The lowest BCUT2D eigenvalue weighted by molar-refractivity contribution is 0.474. The Kier molecular flexibility index (Phi) is 7.60. The molecule has 2 aromatic rings. The largest absolute Gasteiger partial charge is 0.349 e. The Hall–Kier alpha value is -1.35. The Morgan fingerprint density at radius 1 is 1.41 bits per heavy atom. The lowest BCUT2D eigenvalue weighted by Crippen LogP contribution is -2.38. The highest BCUT2D eigenvalue weighted by Gasteiger charge is 2.09. The molecule has 1 aromatic heterocycles. The highest BCUT2D eigenvalue weighted by molar-refractivity contribution is 14.0. The number of aromatic nitrogens is 3. The van der Waals surface area contributed by atoms with Crippen LogP contribution in [0, 0.1) is 0 Å². The molecule has 1 N–H and O–H groups in total. The van der Waals surface area contributed by atoms with E-state index in [1.54, 1.807) is 11.7 Å². The maximum absolute atomic E-state index is 6.19. The number of hydrogen-bond acceptors (Lipinski definition) is 3. The number of aryl methyl sites for hydroxylation is 1. The number of nitrogens with one attached hydrogen (secondary N) is 1. The first kappa shape index (κ1) is 18.7. The molecule has 1 aromatic carbocycles. The van der Waals surface area contributed by atoms with Crippen LogP contribution in [0.25, 0.3) is 0 Å². The topological polar surface area (TPSA) is 58.3 Å². The zero-order chi connectivity index (χ0) is 15.2. The van der Waals surface area contributed by atoms with Gasteiger partial charge in [-0.15, -0.1) is 24.0 Å². The monoisotopic (exact) mass is 434 g/mol. The van der Waals surface area contributed by atoms with E-state index in [1.165, 1.54) is 6.33 Å². The number of hydrogen-bond donors (Lipinski definition) is 1. The summed E-state index contributed by atoms with van der Waals surface area (Å²) < 4.78 is 1.73. The molecule has 0 unspecified atom stereocenters. The van der Waals surface area contributed by atoms with E-state index in [0.29, 0.717) is 13.1 Å². The third-order valence-corrected chi connectivity index (χ3v) is 3.52. The van der Waals surface area contributed by atoms with Crippen LogP contribution in [0.2, 0.25) is 5.02 Å². The minimum atomic E-state index is 0.